The highest BCUT2D eigenvalue weighted by atomic mass is 35.5. The molecule has 0 atom stereocenters. The molecule has 0 aromatic heterocycles. The average molecular weight is 287 g/mol. The van der Waals surface area contributed by atoms with Gasteiger partial charge in [-0.3, -0.25) is 4.79 Å². The Hall–Kier alpha value is -0.843. The second-order valence-corrected chi connectivity index (χ2v) is 11.3. The van der Waals surface area contributed by atoms with Crippen LogP contribution in [0.1, 0.15) is 10.4 Å². The summed E-state index contributed by atoms with van der Waals surface area (Å²) in [6.07, 6.45) is 0.750. The molecule has 0 aliphatic rings. The number of ether oxygens (including phenoxy) is 2. The van der Waals surface area contributed by atoms with E-state index in [1.54, 1.807) is 18.2 Å². The highest BCUT2D eigenvalue weighted by Crippen LogP contribution is 2.24. The molecule has 0 amide bonds. The fourth-order valence-corrected chi connectivity index (χ4v) is 2.25. The molecule has 0 heterocycles. The molecule has 100 valence electrons. The van der Waals surface area contributed by atoms with Gasteiger partial charge in [0.25, 0.3) is 0 Å². The van der Waals surface area contributed by atoms with E-state index in [0.29, 0.717) is 22.9 Å². The minimum Gasteiger partial charge on any atom is -0.466 e. The molecule has 0 radical (unpaired) electrons. The molecule has 0 fully saturated rings. The maximum Gasteiger partial charge on any atom is 0.189 e. The van der Waals surface area contributed by atoms with E-state index in [1.165, 1.54) is 0 Å². The third kappa shape index (κ3) is 5.66. The molecule has 3 nitrogen and oxygen atoms in total. The van der Waals surface area contributed by atoms with E-state index in [2.05, 4.69) is 19.6 Å². The number of hydrogen-bond donors (Lipinski definition) is 0. The maximum atomic E-state index is 10.5. The summed E-state index contributed by atoms with van der Waals surface area (Å²) in [4.78, 5) is 10.5. The quantitative estimate of drug-likeness (QED) is 0.331. The molecular weight excluding hydrogens is 268 g/mol. The predicted molar refractivity (Wildman–Crippen MR) is 76.4 cm³/mol. The van der Waals surface area contributed by atoms with Crippen molar-refractivity contribution in [2.24, 2.45) is 0 Å². The fraction of sp³-hybridized carbons (Fsp3) is 0.462. The van der Waals surface area contributed by atoms with Crippen LogP contribution in [0.5, 0.6) is 5.75 Å². The predicted octanol–water partition coefficient (Wildman–Crippen LogP) is 3.84. The first-order valence-corrected chi connectivity index (χ1v) is 9.96. The summed E-state index contributed by atoms with van der Waals surface area (Å²) in [6, 6.07) is 6.02. The summed E-state index contributed by atoms with van der Waals surface area (Å²) in [5, 5.41) is 0.424. The third-order valence-electron chi connectivity index (χ3n) is 2.39. The van der Waals surface area contributed by atoms with Gasteiger partial charge in [0.05, 0.1) is 5.02 Å². The molecule has 18 heavy (non-hydrogen) atoms. The molecule has 0 aliphatic heterocycles. The molecule has 5 heteroatoms. The van der Waals surface area contributed by atoms with Gasteiger partial charge in [-0.1, -0.05) is 31.2 Å². The molecule has 0 saturated heterocycles. The van der Waals surface area contributed by atoms with Crippen LogP contribution in [0.3, 0.4) is 0 Å². The first-order chi connectivity index (χ1) is 8.42. The molecular formula is C13H19ClO3Si. The van der Waals surface area contributed by atoms with Crippen LogP contribution < -0.4 is 4.74 Å². The second kappa shape index (κ2) is 6.92. The van der Waals surface area contributed by atoms with E-state index in [1.807, 2.05) is 0 Å². The smallest absolute Gasteiger partial charge is 0.189 e. The zero-order chi connectivity index (χ0) is 13.6. The Morgan fingerprint density at radius 1 is 1.33 bits per heavy atom. The van der Waals surface area contributed by atoms with E-state index in [-0.39, 0.29) is 6.79 Å². The summed E-state index contributed by atoms with van der Waals surface area (Å²) in [5.41, 5.74) is 0.534. The Kier molecular flexibility index (Phi) is 5.85. The van der Waals surface area contributed by atoms with Crippen LogP contribution in [0.15, 0.2) is 18.2 Å². The molecule has 0 bridgehead atoms. The molecule has 0 saturated carbocycles. The Morgan fingerprint density at radius 2 is 2.06 bits per heavy atom. The van der Waals surface area contributed by atoms with Gasteiger partial charge in [0.1, 0.15) is 12.0 Å². The summed E-state index contributed by atoms with van der Waals surface area (Å²) < 4.78 is 10.8. The Labute approximate surface area is 114 Å². The number of hydrogen-bond acceptors (Lipinski definition) is 3. The van der Waals surface area contributed by atoms with Crippen molar-refractivity contribution in [1.82, 2.24) is 0 Å². The number of aldehydes is 1. The summed E-state index contributed by atoms with van der Waals surface area (Å²) in [7, 11) is -1.06. The number of rotatable bonds is 7. The SMILES string of the molecule is C[Si](C)(C)CCOCOc1ccc(C=O)cc1Cl. The van der Waals surface area contributed by atoms with E-state index >= 15 is 0 Å². The van der Waals surface area contributed by atoms with E-state index in [9.17, 15) is 4.79 Å². The van der Waals surface area contributed by atoms with Gasteiger partial charge in [-0.25, -0.2) is 0 Å². The molecule has 1 aromatic carbocycles. The zero-order valence-electron chi connectivity index (χ0n) is 11.0. The van der Waals surface area contributed by atoms with Crippen LogP contribution in [-0.4, -0.2) is 27.8 Å². The molecule has 0 N–H and O–H groups in total. The monoisotopic (exact) mass is 286 g/mol. The first kappa shape index (κ1) is 15.2. The Bertz CT molecular complexity index is 402. The lowest BCUT2D eigenvalue weighted by Crippen LogP contribution is -2.22. The Balaban J connectivity index is 2.33. The van der Waals surface area contributed by atoms with Gasteiger partial charge < -0.3 is 9.47 Å². The molecule has 1 rings (SSSR count). The molecule has 0 aliphatic carbocycles. The van der Waals surface area contributed by atoms with Gasteiger partial charge in [0.15, 0.2) is 6.79 Å². The average Bonchev–Trinajstić information content (AvgIpc) is 2.29. The van der Waals surface area contributed by atoms with Crippen molar-refractivity contribution >= 4 is 26.0 Å². The molecule has 0 spiro atoms. The second-order valence-electron chi connectivity index (χ2n) is 5.29. The van der Waals surface area contributed by atoms with Gasteiger partial charge in [-0.15, -0.1) is 0 Å². The summed E-state index contributed by atoms with van der Waals surface area (Å²) in [5.74, 6) is 0.537. The lowest BCUT2D eigenvalue weighted by atomic mass is 10.2. The lowest BCUT2D eigenvalue weighted by Gasteiger charge is -2.15. The van der Waals surface area contributed by atoms with Crippen molar-refractivity contribution in [3.05, 3.63) is 28.8 Å². The van der Waals surface area contributed by atoms with Gasteiger partial charge in [0.2, 0.25) is 0 Å². The van der Waals surface area contributed by atoms with Crippen LogP contribution in [0.2, 0.25) is 30.7 Å². The normalized spacial score (nSPS) is 11.3. The highest BCUT2D eigenvalue weighted by molar-refractivity contribution is 6.76. The minimum atomic E-state index is -1.06. The van der Waals surface area contributed by atoms with E-state index in [0.717, 1.165) is 12.3 Å². The van der Waals surface area contributed by atoms with Gasteiger partial charge in [0, 0.05) is 20.2 Å². The lowest BCUT2D eigenvalue weighted by molar-refractivity contribution is 0.0221. The first-order valence-electron chi connectivity index (χ1n) is 5.88. The third-order valence-corrected chi connectivity index (χ3v) is 4.39. The number of halogens is 1. The number of carbonyl (C=O) groups is 1. The number of benzene rings is 1. The summed E-state index contributed by atoms with van der Waals surface area (Å²) >= 11 is 5.96. The standard InChI is InChI=1S/C13H19ClO3Si/c1-18(2,3)7-6-16-10-17-13-5-4-11(9-15)8-12(13)14/h4-5,8-9H,6-7,10H2,1-3H3. The van der Waals surface area contributed by atoms with Gasteiger partial charge in [-0.2, -0.15) is 0 Å². The van der Waals surface area contributed by atoms with Crippen LogP contribution in [0, 0.1) is 0 Å². The van der Waals surface area contributed by atoms with Crippen molar-refractivity contribution in [3.63, 3.8) is 0 Å². The van der Waals surface area contributed by atoms with Crippen molar-refractivity contribution in [1.29, 1.82) is 0 Å². The van der Waals surface area contributed by atoms with Crippen LogP contribution in [-0.2, 0) is 4.74 Å². The van der Waals surface area contributed by atoms with E-state index < -0.39 is 8.07 Å². The van der Waals surface area contributed by atoms with Gasteiger partial charge >= 0.3 is 0 Å². The van der Waals surface area contributed by atoms with Crippen LogP contribution in [0.4, 0.5) is 0 Å². The van der Waals surface area contributed by atoms with Crippen molar-refractivity contribution in [3.8, 4) is 5.75 Å². The van der Waals surface area contributed by atoms with Crippen LogP contribution >= 0.6 is 11.6 Å². The number of carbonyl (C=O) groups excluding carboxylic acids is 1. The van der Waals surface area contributed by atoms with Crippen molar-refractivity contribution in [2.45, 2.75) is 25.7 Å². The highest BCUT2D eigenvalue weighted by Gasteiger charge is 2.12. The van der Waals surface area contributed by atoms with E-state index in [4.69, 9.17) is 21.1 Å². The summed E-state index contributed by atoms with van der Waals surface area (Å²) in [6.45, 7) is 7.79. The topological polar surface area (TPSA) is 35.5 Å². The van der Waals surface area contributed by atoms with Gasteiger partial charge in [-0.05, 0) is 24.2 Å². The maximum absolute atomic E-state index is 10.5. The largest absolute Gasteiger partial charge is 0.466 e. The Morgan fingerprint density at radius 3 is 2.61 bits per heavy atom. The van der Waals surface area contributed by atoms with Crippen LogP contribution in [0.25, 0.3) is 0 Å². The molecule has 0 unspecified atom stereocenters. The fourth-order valence-electron chi connectivity index (χ4n) is 1.25. The van der Waals surface area contributed by atoms with Crippen molar-refractivity contribution < 1.29 is 14.3 Å². The minimum absolute atomic E-state index is 0.185. The van der Waals surface area contributed by atoms with Crippen molar-refractivity contribution in [2.75, 3.05) is 13.4 Å². The zero-order valence-corrected chi connectivity index (χ0v) is 12.8. The molecule has 1 aromatic rings.